The fraction of sp³-hybridized carbons (Fsp3) is 0.348. The zero-order valence-electron chi connectivity index (χ0n) is 18.3. The number of nitrogens with zero attached hydrogens (tertiary/aromatic N) is 3. The molecule has 8 nitrogen and oxygen atoms in total. The summed E-state index contributed by atoms with van der Waals surface area (Å²) in [6.07, 6.45) is 0.282. The first-order valence-corrected chi connectivity index (χ1v) is 10.0. The Balaban J connectivity index is 1.88. The molecule has 0 spiro atoms. The molecule has 0 saturated heterocycles. The number of hydrogen-bond donors (Lipinski definition) is 1. The summed E-state index contributed by atoms with van der Waals surface area (Å²) < 4.78 is 19.5. The largest absolute Gasteiger partial charge is 0.503 e. The molecule has 168 valence electrons. The third-order valence-corrected chi connectivity index (χ3v) is 5.32. The standard InChI is InChI=1S/C23H24FN3O5/c1-13-25-26-21(32-13)18(29)12-23(2,3)19-11-16(20(30)22(31)27(19)4)17(28)10-7-14-5-8-15(24)9-6-14/h5-6,8-9,11,30H,7,10,12H2,1-4H3. The second-order valence-corrected chi connectivity index (χ2v) is 8.32. The molecule has 3 aromatic rings. The molecule has 3 rings (SSSR count). The number of aromatic hydroxyl groups is 1. The summed E-state index contributed by atoms with van der Waals surface area (Å²) >= 11 is 0. The van der Waals surface area contributed by atoms with Crippen LogP contribution in [0.5, 0.6) is 5.75 Å². The van der Waals surface area contributed by atoms with Crippen LogP contribution in [0.2, 0.25) is 0 Å². The van der Waals surface area contributed by atoms with E-state index in [-0.39, 0.29) is 36.0 Å². The van der Waals surface area contributed by atoms with Crippen LogP contribution < -0.4 is 5.56 Å². The highest BCUT2D eigenvalue weighted by molar-refractivity contribution is 5.98. The van der Waals surface area contributed by atoms with Gasteiger partial charge in [0.1, 0.15) is 5.82 Å². The lowest BCUT2D eigenvalue weighted by atomic mass is 9.82. The number of rotatable bonds is 8. The van der Waals surface area contributed by atoms with E-state index in [0.717, 1.165) is 5.56 Å². The Morgan fingerprint density at radius 2 is 1.81 bits per heavy atom. The van der Waals surface area contributed by atoms with Crippen molar-refractivity contribution in [2.75, 3.05) is 0 Å². The van der Waals surface area contributed by atoms with Crippen molar-refractivity contribution in [1.29, 1.82) is 0 Å². The lowest BCUT2D eigenvalue weighted by Gasteiger charge is -2.27. The number of pyridine rings is 1. The minimum atomic E-state index is -0.882. The lowest BCUT2D eigenvalue weighted by Crippen LogP contribution is -2.32. The van der Waals surface area contributed by atoms with Crippen molar-refractivity contribution < 1.29 is 23.5 Å². The van der Waals surface area contributed by atoms with Crippen molar-refractivity contribution in [1.82, 2.24) is 14.8 Å². The van der Waals surface area contributed by atoms with Gasteiger partial charge in [0.2, 0.25) is 11.7 Å². The third-order valence-electron chi connectivity index (χ3n) is 5.32. The first-order valence-electron chi connectivity index (χ1n) is 10.0. The summed E-state index contributed by atoms with van der Waals surface area (Å²) in [5, 5.41) is 17.7. The van der Waals surface area contributed by atoms with Crippen molar-refractivity contribution in [3.63, 3.8) is 0 Å². The predicted molar refractivity (Wildman–Crippen MR) is 113 cm³/mol. The molecular formula is C23H24FN3O5. The van der Waals surface area contributed by atoms with Crippen LogP contribution in [0.25, 0.3) is 0 Å². The lowest BCUT2D eigenvalue weighted by molar-refractivity contribution is 0.0920. The number of benzene rings is 1. The van der Waals surface area contributed by atoms with E-state index in [1.54, 1.807) is 32.9 Å². The summed E-state index contributed by atoms with van der Waals surface area (Å²) in [5.41, 5.74) is -0.576. The van der Waals surface area contributed by atoms with E-state index in [4.69, 9.17) is 4.42 Å². The fourth-order valence-corrected chi connectivity index (χ4v) is 3.57. The fourth-order valence-electron chi connectivity index (χ4n) is 3.57. The van der Waals surface area contributed by atoms with Crippen LogP contribution >= 0.6 is 0 Å². The summed E-state index contributed by atoms with van der Waals surface area (Å²) in [7, 11) is 1.47. The summed E-state index contributed by atoms with van der Waals surface area (Å²) in [4.78, 5) is 38.0. The van der Waals surface area contributed by atoms with Gasteiger partial charge in [-0.2, -0.15) is 0 Å². The average molecular weight is 441 g/mol. The van der Waals surface area contributed by atoms with Crippen LogP contribution in [0, 0.1) is 12.7 Å². The summed E-state index contributed by atoms with van der Waals surface area (Å²) in [6.45, 7) is 5.06. The van der Waals surface area contributed by atoms with Gasteiger partial charge in [0, 0.05) is 37.9 Å². The van der Waals surface area contributed by atoms with E-state index >= 15 is 0 Å². The molecule has 9 heteroatoms. The van der Waals surface area contributed by atoms with Gasteiger partial charge in [-0.1, -0.05) is 26.0 Å². The number of aromatic nitrogens is 3. The molecule has 2 aromatic heterocycles. The molecule has 1 N–H and O–H groups in total. The molecule has 2 heterocycles. The molecule has 32 heavy (non-hydrogen) atoms. The maximum atomic E-state index is 13.1. The Morgan fingerprint density at radius 3 is 2.41 bits per heavy atom. The maximum Gasteiger partial charge on any atom is 0.293 e. The molecule has 0 fully saturated rings. The summed E-state index contributed by atoms with van der Waals surface area (Å²) in [6, 6.07) is 7.20. The van der Waals surface area contributed by atoms with Crippen LogP contribution in [0.4, 0.5) is 4.39 Å². The zero-order chi connectivity index (χ0) is 23.6. The molecule has 0 atom stereocenters. The number of ketones is 2. The van der Waals surface area contributed by atoms with Gasteiger partial charge in [-0.25, -0.2) is 4.39 Å². The first-order chi connectivity index (χ1) is 15.0. The minimum absolute atomic E-state index is 0.0203. The smallest absolute Gasteiger partial charge is 0.293 e. The van der Waals surface area contributed by atoms with Crippen molar-refractivity contribution in [2.24, 2.45) is 7.05 Å². The number of carbonyl (C=O) groups is 2. The van der Waals surface area contributed by atoms with Crippen molar-refractivity contribution in [3.8, 4) is 5.75 Å². The Labute approximate surface area is 183 Å². The van der Waals surface area contributed by atoms with Crippen LogP contribution in [-0.2, 0) is 18.9 Å². The highest BCUT2D eigenvalue weighted by Gasteiger charge is 2.32. The number of carbonyl (C=O) groups excluding carboxylic acids is 2. The highest BCUT2D eigenvalue weighted by atomic mass is 19.1. The van der Waals surface area contributed by atoms with Gasteiger partial charge in [0.25, 0.3) is 11.4 Å². The molecule has 0 saturated carbocycles. The van der Waals surface area contributed by atoms with Gasteiger partial charge in [-0.15, -0.1) is 10.2 Å². The molecule has 0 amide bonds. The number of hydrogen-bond acceptors (Lipinski definition) is 7. The molecule has 0 aliphatic carbocycles. The minimum Gasteiger partial charge on any atom is -0.503 e. The Bertz CT molecular complexity index is 1230. The van der Waals surface area contributed by atoms with Gasteiger partial charge in [0.05, 0.1) is 5.56 Å². The first kappa shape index (κ1) is 23.1. The van der Waals surface area contributed by atoms with Gasteiger partial charge >= 0.3 is 0 Å². The van der Waals surface area contributed by atoms with Crippen LogP contribution in [-0.4, -0.2) is 31.4 Å². The molecule has 0 radical (unpaired) electrons. The van der Waals surface area contributed by atoms with Crippen LogP contribution in [0.15, 0.2) is 39.5 Å². The van der Waals surface area contributed by atoms with Crippen molar-refractivity contribution in [2.45, 2.75) is 45.4 Å². The van der Waals surface area contributed by atoms with E-state index in [2.05, 4.69) is 10.2 Å². The maximum absolute atomic E-state index is 13.1. The van der Waals surface area contributed by atoms with E-state index in [9.17, 15) is 23.9 Å². The number of halogens is 1. The molecular weight excluding hydrogens is 417 g/mol. The van der Waals surface area contributed by atoms with Crippen molar-refractivity contribution in [3.05, 3.63) is 75.1 Å². The number of Topliss-reactive ketones (excluding diaryl/α,β-unsaturated/α-hetero) is 2. The molecule has 0 aliphatic heterocycles. The van der Waals surface area contributed by atoms with E-state index in [0.29, 0.717) is 12.1 Å². The van der Waals surface area contributed by atoms with Gasteiger partial charge in [-0.05, 0) is 30.2 Å². The number of aryl methyl sites for hydroxylation is 2. The zero-order valence-corrected chi connectivity index (χ0v) is 18.3. The Morgan fingerprint density at radius 1 is 1.16 bits per heavy atom. The quantitative estimate of drug-likeness (QED) is 0.533. The SMILES string of the molecule is Cc1nnc(C(=O)CC(C)(C)c2cc(C(=O)CCc3ccc(F)cc3)c(O)c(=O)n2C)o1. The average Bonchev–Trinajstić information content (AvgIpc) is 3.17. The van der Waals surface area contributed by atoms with E-state index in [1.165, 1.54) is 29.8 Å². The Hall–Kier alpha value is -3.62. The molecule has 0 unspecified atom stereocenters. The molecule has 0 aliphatic rings. The molecule has 0 bridgehead atoms. The van der Waals surface area contributed by atoms with Gasteiger partial charge in [0.15, 0.2) is 11.5 Å². The highest BCUT2D eigenvalue weighted by Crippen LogP contribution is 2.30. The van der Waals surface area contributed by atoms with E-state index < -0.39 is 28.3 Å². The topological polar surface area (TPSA) is 115 Å². The van der Waals surface area contributed by atoms with Crippen LogP contribution in [0.1, 0.15) is 64.9 Å². The monoisotopic (exact) mass is 441 g/mol. The normalized spacial score (nSPS) is 11.5. The van der Waals surface area contributed by atoms with Crippen LogP contribution in [0.3, 0.4) is 0 Å². The second-order valence-electron chi connectivity index (χ2n) is 8.32. The Kier molecular flexibility index (Phi) is 6.38. The molecule has 1 aromatic carbocycles. The van der Waals surface area contributed by atoms with Gasteiger partial charge < -0.3 is 14.1 Å². The van der Waals surface area contributed by atoms with E-state index in [1.807, 2.05) is 0 Å². The predicted octanol–water partition coefficient (Wildman–Crippen LogP) is 3.29. The van der Waals surface area contributed by atoms with Crippen molar-refractivity contribution >= 4 is 11.6 Å². The third kappa shape index (κ3) is 4.82. The summed E-state index contributed by atoms with van der Waals surface area (Å²) in [5.74, 6) is -1.72. The second kappa shape index (κ2) is 8.86. The van der Waals surface area contributed by atoms with Gasteiger partial charge in [-0.3, -0.25) is 14.4 Å².